The highest BCUT2D eigenvalue weighted by molar-refractivity contribution is 5.78. The number of hydrogen-bond donors (Lipinski definition) is 3. The van der Waals surface area contributed by atoms with Gasteiger partial charge in [-0.05, 0) is 12.8 Å². The van der Waals surface area contributed by atoms with E-state index in [-0.39, 0.29) is 11.8 Å². The Bertz CT molecular complexity index is 214. The van der Waals surface area contributed by atoms with Gasteiger partial charge >= 0.3 is 0 Å². The van der Waals surface area contributed by atoms with E-state index >= 15 is 0 Å². The van der Waals surface area contributed by atoms with Crippen LogP contribution in [-0.2, 0) is 9.59 Å². The van der Waals surface area contributed by atoms with E-state index in [1.54, 1.807) is 0 Å². The third kappa shape index (κ3) is 5.53. The molecule has 0 unspecified atom stereocenters. The average Bonchev–Trinajstić information content (AvgIpc) is 2.87. The summed E-state index contributed by atoms with van der Waals surface area (Å²) >= 11 is 0. The van der Waals surface area contributed by atoms with Crippen molar-refractivity contribution < 1.29 is 9.59 Å². The van der Waals surface area contributed by atoms with Crippen molar-refractivity contribution in [2.75, 3.05) is 19.6 Å². The Kier molecular flexibility index (Phi) is 4.39. The number of carbonyl (C=O) groups is 2. The Morgan fingerprint density at radius 2 is 2.00 bits per heavy atom. The molecule has 0 aliphatic heterocycles. The monoisotopic (exact) mass is 199 g/mol. The summed E-state index contributed by atoms with van der Waals surface area (Å²) in [5, 5.41) is 8.45. The van der Waals surface area contributed by atoms with Crippen LogP contribution in [0.4, 0.5) is 0 Å². The van der Waals surface area contributed by atoms with E-state index in [2.05, 4.69) is 16.0 Å². The topological polar surface area (TPSA) is 70.2 Å². The summed E-state index contributed by atoms with van der Waals surface area (Å²) in [6.07, 6.45) is 2.22. The zero-order valence-electron chi connectivity index (χ0n) is 8.43. The first-order valence-electron chi connectivity index (χ1n) is 4.93. The standard InChI is InChI=1S/C9H17N3O2/c1-7(13)11-5-4-10-6-9(14)12-8-2-3-8/h8,10H,2-6H2,1H3,(H,11,13)(H,12,14). The molecule has 3 N–H and O–H groups in total. The van der Waals surface area contributed by atoms with Gasteiger partial charge in [0.25, 0.3) is 0 Å². The maximum Gasteiger partial charge on any atom is 0.234 e. The van der Waals surface area contributed by atoms with Crippen molar-refractivity contribution in [3.05, 3.63) is 0 Å². The Morgan fingerprint density at radius 3 is 2.57 bits per heavy atom. The molecular formula is C9H17N3O2. The maximum absolute atomic E-state index is 11.1. The molecule has 0 saturated heterocycles. The first kappa shape index (κ1) is 11.0. The smallest absolute Gasteiger partial charge is 0.234 e. The van der Waals surface area contributed by atoms with Crippen LogP contribution in [0.1, 0.15) is 19.8 Å². The van der Waals surface area contributed by atoms with E-state index in [0.717, 1.165) is 12.8 Å². The summed E-state index contributed by atoms with van der Waals surface area (Å²) in [5.74, 6) is -0.00967. The third-order valence-corrected chi connectivity index (χ3v) is 1.90. The molecule has 1 rings (SSSR count). The lowest BCUT2D eigenvalue weighted by Crippen LogP contribution is -2.38. The van der Waals surface area contributed by atoms with E-state index in [1.165, 1.54) is 6.92 Å². The van der Waals surface area contributed by atoms with Gasteiger partial charge in [-0.2, -0.15) is 0 Å². The van der Waals surface area contributed by atoms with Crippen molar-refractivity contribution in [3.63, 3.8) is 0 Å². The summed E-state index contributed by atoms with van der Waals surface area (Å²) in [6, 6.07) is 0.416. The molecule has 0 radical (unpaired) electrons. The van der Waals surface area contributed by atoms with Crippen LogP contribution >= 0.6 is 0 Å². The van der Waals surface area contributed by atoms with E-state index < -0.39 is 0 Å². The molecule has 0 heterocycles. The van der Waals surface area contributed by atoms with Gasteiger partial charge in [0, 0.05) is 26.1 Å². The number of nitrogens with one attached hydrogen (secondary N) is 3. The fourth-order valence-corrected chi connectivity index (χ4v) is 1.04. The van der Waals surface area contributed by atoms with Crippen LogP contribution in [0.2, 0.25) is 0 Å². The highest BCUT2D eigenvalue weighted by atomic mass is 16.2. The average molecular weight is 199 g/mol. The Morgan fingerprint density at radius 1 is 1.29 bits per heavy atom. The Labute approximate surface area is 83.6 Å². The minimum Gasteiger partial charge on any atom is -0.355 e. The van der Waals surface area contributed by atoms with Crippen LogP contribution in [0.15, 0.2) is 0 Å². The molecule has 1 fully saturated rings. The van der Waals surface area contributed by atoms with Gasteiger partial charge in [-0.15, -0.1) is 0 Å². The largest absolute Gasteiger partial charge is 0.355 e. The second kappa shape index (κ2) is 5.59. The first-order valence-corrected chi connectivity index (χ1v) is 4.93. The zero-order valence-corrected chi connectivity index (χ0v) is 8.43. The summed E-state index contributed by atoms with van der Waals surface area (Å²) in [6.45, 7) is 2.99. The molecule has 80 valence electrons. The van der Waals surface area contributed by atoms with Gasteiger partial charge in [-0.25, -0.2) is 0 Å². The van der Waals surface area contributed by atoms with E-state index in [4.69, 9.17) is 0 Å². The molecular weight excluding hydrogens is 182 g/mol. The molecule has 0 spiro atoms. The predicted molar refractivity (Wildman–Crippen MR) is 52.7 cm³/mol. The summed E-state index contributed by atoms with van der Waals surface area (Å²) in [4.78, 5) is 21.6. The molecule has 0 aromatic heterocycles. The Balaban J connectivity index is 1.87. The molecule has 0 aromatic carbocycles. The van der Waals surface area contributed by atoms with Crippen LogP contribution in [0.25, 0.3) is 0 Å². The van der Waals surface area contributed by atoms with Gasteiger partial charge in [-0.1, -0.05) is 0 Å². The molecule has 5 nitrogen and oxygen atoms in total. The highest BCUT2D eigenvalue weighted by Crippen LogP contribution is 2.17. The van der Waals surface area contributed by atoms with E-state index in [1.807, 2.05) is 0 Å². The molecule has 1 saturated carbocycles. The lowest BCUT2D eigenvalue weighted by molar-refractivity contribution is -0.120. The second-order valence-corrected chi connectivity index (χ2v) is 3.50. The minimum absolute atomic E-state index is 0.0373. The molecule has 5 heteroatoms. The summed E-state index contributed by atoms with van der Waals surface area (Å²) < 4.78 is 0. The third-order valence-electron chi connectivity index (χ3n) is 1.90. The Hall–Kier alpha value is -1.10. The minimum atomic E-state index is -0.0470. The predicted octanol–water partition coefficient (Wildman–Crippen LogP) is -1.01. The number of rotatable bonds is 6. The van der Waals surface area contributed by atoms with E-state index in [0.29, 0.717) is 25.7 Å². The fourth-order valence-electron chi connectivity index (χ4n) is 1.04. The van der Waals surface area contributed by atoms with Crippen molar-refractivity contribution >= 4 is 11.8 Å². The van der Waals surface area contributed by atoms with Crippen LogP contribution in [0.5, 0.6) is 0 Å². The maximum atomic E-state index is 11.1. The van der Waals surface area contributed by atoms with Gasteiger partial charge in [0.05, 0.1) is 6.54 Å². The van der Waals surface area contributed by atoms with Crippen molar-refractivity contribution in [2.24, 2.45) is 0 Å². The fraction of sp³-hybridized carbons (Fsp3) is 0.778. The number of hydrogen-bond acceptors (Lipinski definition) is 3. The van der Waals surface area contributed by atoms with Crippen molar-refractivity contribution in [1.29, 1.82) is 0 Å². The second-order valence-electron chi connectivity index (χ2n) is 3.50. The highest BCUT2D eigenvalue weighted by Gasteiger charge is 2.22. The molecule has 1 aliphatic carbocycles. The zero-order chi connectivity index (χ0) is 10.4. The van der Waals surface area contributed by atoms with Crippen LogP contribution in [-0.4, -0.2) is 37.5 Å². The van der Waals surface area contributed by atoms with E-state index in [9.17, 15) is 9.59 Å². The molecule has 2 amide bonds. The van der Waals surface area contributed by atoms with Gasteiger partial charge in [0.15, 0.2) is 0 Å². The number of amides is 2. The molecule has 1 aliphatic rings. The van der Waals surface area contributed by atoms with Gasteiger partial charge < -0.3 is 16.0 Å². The molecule has 14 heavy (non-hydrogen) atoms. The SMILES string of the molecule is CC(=O)NCCNCC(=O)NC1CC1. The summed E-state index contributed by atoms with van der Waals surface area (Å²) in [5.41, 5.74) is 0. The first-order chi connectivity index (χ1) is 6.68. The van der Waals surface area contributed by atoms with Crippen LogP contribution in [0, 0.1) is 0 Å². The van der Waals surface area contributed by atoms with Crippen LogP contribution in [0.3, 0.4) is 0 Å². The summed E-state index contributed by atoms with van der Waals surface area (Å²) in [7, 11) is 0. The normalized spacial score (nSPS) is 14.9. The molecule has 0 aromatic rings. The van der Waals surface area contributed by atoms with Crippen LogP contribution < -0.4 is 16.0 Å². The number of carbonyl (C=O) groups excluding carboxylic acids is 2. The van der Waals surface area contributed by atoms with Crippen molar-refractivity contribution in [1.82, 2.24) is 16.0 Å². The molecule has 0 bridgehead atoms. The quantitative estimate of drug-likeness (QED) is 0.480. The van der Waals surface area contributed by atoms with Gasteiger partial charge in [0.1, 0.15) is 0 Å². The lowest BCUT2D eigenvalue weighted by Gasteiger charge is -2.05. The van der Waals surface area contributed by atoms with Crippen molar-refractivity contribution in [3.8, 4) is 0 Å². The molecule has 0 atom stereocenters. The lowest BCUT2D eigenvalue weighted by atomic mass is 10.5. The van der Waals surface area contributed by atoms with Crippen molar-refractivity contribution in [2.45, 2.75) is 25.8 Å². The van der Waals surface area contributed by atoms with Gasteiger partial charge in [-0.3, -0.25) is 9.59 Å². The van der Waals surface area contributed by atoms with Gasteiger partial charge in [0.2, 0.25) is 11.8 Å².